The molecule has 2 aromatic rings. The van der Waals surface area contributed by atoms with Gasteiger partial charge >= 0.3 is 0 Å². The predicted molar refractivity (Wildman–Crippen MR) is 75.8 cm³/mol. The number of carbonyl (C=O) groups excluding carboxylic acids is 1. The van der Waals surface area contributed by atoms with Gasteiger partial charge in [-0.15, -0.1) is 5.10 Å². The second-order valence-electron chi connectivity index (χ2n) is 5.11. The Morgan fingerprint density at radius 3 is 3.10 bits per heavy atom. The third kappa shape index (κ3) is 2.69. The predicted octanol–water partition coefficient (Wildman–Crippen LogP) is 1.17. The van der Waals surface area contributed by atoms with Crippen molar-refractivity contribution in [2.24, 2.45) is 5.73 Å². The van der Waals surface area contributed by atoms with Gasteiger partial charge < -0.3 is 15.2 Å². The molecule has 7 nitrogen and oxygen atoms in total. The number of hydrogen-bond donors (Lipinski definition) is 1. The normalized spacial score (nSPS) is 18.8. The SMILES string of the molecule is COc1nn(C2CCCCO2)c2cc(CC(N)=O)ncc12. The highest BCUT2D eigenvalue weighted by molar-refractivity contribution is 5.85. The van der Waals surface area contributed by atoms with Crippen molar-refractivity contribution in [2.75, 3.05) is 13.7 Å². The average molecular weight is 290 g/mol. The van der Waals surface area contributed by atoms with Gasteiger partial charge in [-0.1, -0.05) is 0 Å². The topological polar surface area (TPSA) is 92.3 Å². The minimum atomic E-state index is -0.409. The molecule has 2 aromatic heterocycles. The molecule has 7 heteroatoms. The molecule has 0 saturated carbocycles. The number of hydrogen-bond acceptors (Lipinski definition) is 5. The fourth-order valence-corrected chi connectivity index (χ4v) is 2.61. The number of fused-ring (bicyclic) bond motifs is 1. The van der Waals surface area contributed by atoms with Gasteiger partial charge in [0.05, 0.1) is 30.1 Å². The number of nitrogens with two attached hydrogens (primary N) is 1. The molecule has 0 spiro atoms. The quantitative estimate of drug-likeness (QED) is 0.912. The molecule has 21 heavy (non-hydrogen) atoms. The summed E-state index contributed by atoms with van der Waals surface area (Å²) >= 11 is 0. The number of rotatable bonds is 4. The molecule has 1 aliphatic heterocycles. The Labute approximate surface area is 122 Å². The Morgan fingerprint density at radius 1 is 1.57 bits per heavy atom. The molecule has 0 aromatic carbocycles. The van der Waals surface area contributed by atoms with E-state index in [4.69, 9.17) is 15.2 Å². The number of amides is 1. The van der Waals surface area contributed by atoms with Crippen LogP contribution in [0.25, 0.3) is 10.9 Å². The summed E-state index contributed by atoms with van der Waals surface area (Å²) in [6.07, 6.45) is 4.75. The van der Waals surface area contributed by atoms with E-state index in [0.717, 1.165) is 36.8 Å². The molecule has 1 fully saturated rings. The molecular weight excluding hydrogens is 272 g/mol. The summed E-state index contributed by atoms with van der Waals surface area (Å²) in [5.41, 5.74) is 6.70. The number of pyridine rings is 1. The third-order valence-corrected chi connectivity index (χ3v) is 3.59. The number of primary amides is 1. The highest BCUT2D eigenvalue weighted by atomic mass is 16.5. The molecule has 3 heterocycles. The van der Waals surface area contributed by atoms with Gasteiger partial charge in [-0.05, 0) is 25.3 Å². The maximum Gasteiger partial charge on any atom is 0.242 e. The van der Waals surface area contributed by atoms with Crippen LogP contribution in [-0.2, 0) is 16.0 Å². The monoisotopic (exact) mass is 290 g/mol. The number of aromatic nitrogens is 3. The van der Waals surface area contributed by atoms with E-state index in [1.54, 1.807) is 13.3 Å². The molecule has 0 bridgehead atoms. The smallest absolute Gasteiger partial charge is 0.242 e. The van der Waals surface area contributed by atoms with Crippen LogP contribution in [0.5, 0.6) is 5.88 Å². The molecule has 112 valence electrons. The van der Waals surface area contributed by atoms with E-state index >= 15 is 0 Å². The number of methoxy groups -OCH3 is 1. The zero-order valence-electron chi connectivity index (χ0n) is 11.9. The van der Waals surface area contributed by atoms with Gasteiger partial charge in [0.15, 0.2) is 6.23 Å². The Bertz CT molecular complexity index is 662. The largest absolute Gasteiger partial charge is 0.479 e. The van der Waals surface area contributed by atoms with Gasteiger partial charge in [-0.25, -0.2) is 4.68 Å². The summed E-state index contributed by atoms with van der Waals surface area (Å²) in [5, 5.41) is 5.27. The zero-order chi connectivity index (χ0) is 14.8. The Kier molecular flexibility index (Phi) is 3.74. The van der Waals surface area contributed by atoms with Crippen molar-refractivity contribution in [3.8, 4) is 5.88 Å². The molecule has 0 radical (unpaired) electrons. The summed E-state index contributed by atoms with van der Waals surface area (Å²) in [7, 11) is 1.57. The van der Waals surface area contributed by atoms with Crippen LogP contribution in [-0.4, -0.2) is 34.4 Å². The standard InChI is InChI=1S/C14H18N4O3/c1-20-14-10-8-16-9(7-12(15)19)6-11(10)18(17-14)13-4-2-3-5-21-13/h6,8,13H,2-5,7H2,1H3,(H2,15,19). The van der Waals surface area contributed by atoms with Crippen LogP contribution in [0, 0.1) is 0 Å². The summed E-state index contributed by atoms with van der Waals surface area (Å²) in [4.78, 5) is 15.3. The van der Waals surface area contributed by atoms with Crippen molar-refractivity contribution in [3.63, 3.8) is 0 Å². The molecule has 1 unspecified atom stereocenters. The van der Waals surface area contributed by atoms with Gasteiger partial charge in [0.2, 0.25) is 11.8 Å². The van der Waals surface area contributed by atoms with Crippen molar-refractivity contribution in [1.82, 2.24) is 14.8 Å². The molecule has 1 atom stereocenters. The van der Waals surface area contributed by atoms with E-state index < -0.39 is 5.91 Å². The first kappa shape index (κ1) is 13.8. The highest BCUT2D eigenvalue weighted by Gasteiger charge is 2.22. The van der Waals surface area contributed by atoms with Gasteiger partial charge in [-0.3, -0.25) is 9.78 Å². The van der Waals surface area contributed by atoms with E-state index in [1.807, 2.05) is 10.7 Å². The van der Waals surface area contributed by atoms with Crippen LogP contribution in [0.3, 0.4) is 0 Å². The fraction of sp³-hybridized carbons (Fsp3) is 0.500. The summed E-state index contributed by atoms with van der Waals surface area (Å²) in [6.45, 7) is 0.730. The second kappa shape index (κ2) is 5.69. The van der Waals surface area contributed by atoms with Crippen molar-refractivity contribution in [3.05, 3.63) is 18.0 Å². The summed E-state index contributed by atoms with van der Waals surface area (Å²) in [5.74, 6) is 0.103. The molecule has 1 amide bonds. The molecular formula is C14H18N4O3. The van der Waals surface area contributed by atoms with Crippen LogP contribution < -0.4 is 10.5 Å². The maximum atomic E-state index is 11.1. The lowest BCUT2D eigenvalue weighted by Crippen LogP contribution is -2.19. The molecule has 0 aliphatic carbocycles. The van der Waals surface area contributed by atoms with Crippen LogP contribution in [0.1, 0.15) is 31.2 Å². The average Bonchev–Trinajstić information content (AvgIpc) is 2.85. The molecule has 2 N–H and O–H groups in total. The number of ether oxygens (including phenoxy) is 2. The van der Waals surface area contributed by atoms with Crippen LogP contribution in [0.4, 0.5) is 0 Å². The van der Waals surface area contributed by atoms with E-state index in [0.29, 0.717) is 11.6 Å². The molecule has 1 saturated heterocycles. The number of nitrogens with zero attached hydrogens (tertiary/aromatic N) is 3. The van der Waals surface area contributed by atoms with Crippen LogP contribution in [0.2, 0.25) is 0 Å². The first-order chi connectivity index (χ1) is 10.2. The Hall–Kier alpha value is -2.15. The Morgan fingerprint density at radius 2 is 2.43 bits per heavy atom. The molecule has 1 aliphatic rings. The van der Waals surface area contributed by atoms with E-state index in [2.05, 4.69) is 10.1 Å². The van der Waals surface area contributed by atoms with Crippen molar-refractivity contribution in [2.45, 2.75) is 31.9 Å². The van der Waals surface area contributed by atoms with Crippen LogP contribution in [0.15, 0.2) is 12.3 Å². The second-order valence-corrected chi connectivity index (χ2v) is 5.11. The summed E-state index contributed by atoms with van der Waals surface area (Å²) < 4.78 is 12.9. The number of carbonyl (C=O) groups is 1. The van der Waals surface area contributed by atoms with Crippen LogP contribution >= 0.6 is 0 Å². The van der Waals surface area contributed by atoms with E-state index in [-0.39, 0.29) is 12.6 Å². The minimum absolute atomic E-state index is 0.103. The molecule has 3 rings (SSSR count). The first-order valence-electron chi connectivity index (χ1n) is 7.00. The van der Waals surface area contributed by atoms with Gasteiger partial charge in [0.1, 0.15) is 0 Å². The third-order valence-electron chi connectivity index (χ3n) is 3.59. The lowest BCUT2D eigenvalue weighted by Gasteiger charge is -2.23. The zero-order valence-corrected chi connectivity index (χ0v) is 11.9. The van der Waals surface area contributed by atoms with Crippen molar-refractivity contribution in [1.29, 1.82) is 0 Å². The lowest BCUT2D eigenvalue weighted by molar-refractivity contribution is -0.117. The van der Waals surface area contributed by atoms with Crippen molar-refractivity contribution >= 4 is 16.8 Å². The summed E-state index contributed by atoms with van der Waals surface area (Å²) in [6, 6.07) is 1.83. The highest BCUT2D eigenvalue weighted by Crippen LogP contribution is 2.31. The van der Waals surface area contributed by atoms with Gasteiger partial charge in [0, 0.05) is 12.8 Å². The maximum absolute atomic E-state index is 11.1. The van der Waals surface area contributed by atoms with Gasteiger partial charge in [0.25, 0.3) is 0 Å². The lowest BCUT2D eigenvalue weighted by atomic mass is 10.2. The van der Waals surface area contributed by atoms with Crippen molar-refractivity contribution < 1.29 is 14.3 Å². The van der Waals surface area contributed by atoms with Gasteiger partial charge in [-0.2, -0.15) is 0 Å². The minimum Gasteiger partial charge on any atom is -0.479 e. The van der Waals surface area contributed by atoms with E-state index in [9.17, 15) is 4.79 Å². The van der Waals surface area contributed by atoms with E-state index in [1.165, 1.54) is 0 Å². The fourth-order valence-electron chi connectivity index (χ4n) is 2.61. The first-order valence-corrected chi connectivity index (χ1v) is 7.00. The Balaban J connectivity index is 2.06.